The number of hydrogen-bond donors (Lipinski definition) is 2. The van der Waals surface area contributed by atoms with Gasteiger partial charge in [-0.05, 0) is 31.0 Å². The highest BCUT2D eigenvalue weighted by Crippen LogP contribution is 2.16. The highest BCUT2D eigenvalue weighted by atomic mass is 35.5. The molecule has 1 fully saturated rings. The van der Waals surface area contributed by atoms with Crippen LogP contribution in [0.5, 0.6) is 0 Å². The molecule has 2 aromatic rings. The number of fused-ring (bicyclic) bond motifs is 1. The summed E-state index contributed by atoms with van der Waals surface area (Å²) in [6.45, 7) is 1.08. The second kappa shape index (κ2) is 6.76. The first-order valence-corrected chi connectivity index (χ1v) is 8.23. The van der Waals surface area contributed by atoms with Gasteiger partial charge in [0, 0.05) is 24.7 Å². The lowest BCUT2D eigenvalue weighted by molar-refractivity contribution is -0.130. The molecule has 3 rings (SSSR count). The highest BCUT2D eigenvalue weighted by Gasteiger charge is 2.26. The number of nitrogens with zero attached hydrogens (tertiary/aromatic N) is 2. The lowest BCUT2D eigenvalue weighted by Gasteiger charge is -2.32. The first-order chi connectivity index (χ1) is 11.0. The molecule has 0 radical (unpaired) electrons. The maximum Gasteiger partial charge on any atom is 0.255 e. The highest BCUT2D eigenvalue weighted by molar-refractivity contribution is 6.53. The first-order valence-electron chi connectivity index (χ1n) is 7.35. The number of carbonyl (C=O) groups excluding carboxylic acids is 2. The molecule has 0 unspecified atom stereocenters. The van der Waals surface area contributed by atoms with Gasteiger partial charge >= 0.3 is 0 Å². The number of aromatic nitrogens is 2. The predicted octanol–water partition coefficient (Wildman–Crippen LogP) is 2.09. The molecule has 6 nitrogen and oxygen atoms in total. The Morgan fingerprint density at radius 3 is 2.74 bits per heavy atom. The molecule has 0 bridgehead atoms. The summed E-state index contributed by atoms with van der Waals surface area (Å²) in [6.07, 6.45) is 2.97. The van der Waals surface area contributed by atoms with Crippen LogP contribution < -0.4 is 5.32 Å². The van der Waals surface area contributed by atoms with Gasteiger partial charge in [0.25, 0.3) is 11.8 Å². The Morgan fingerprint density at radius 2 is 2.04 bits per heavy atom. The summed E-state index contributed by atoms with van der Waals surface area (Å²) >= 11 is 11.2. The summed E-state index contributed by atoms with van der Waals surface area (Å²) in [7, 11) is 0. The third-order valence-electron chi connectivity index (χ3n) is 4.01. The number of alkyl halides is 2. The summed E-state index contributed by atoms with van der Waals surface area (Å²) in [5, 5.41) is 3.00. The average molecular weight is 355 g/mol. The fourth-order valence-electron chi connectivity index (χ4n) is 2.73. The molecule has 23 heavy (non-hydrogen) atoms. The second-order valence-electron chi connectivity index (χ2n) is 5.51. The molecule has 122 valence electrons. The second-order valence-corrected chi connectivity index (χ2v) is 6.60. The van der Waals surface area contributed by atoms with Crippen LogP contribution in [0.3, 0.4) is 0 Å². The van der Waals surface area contributed by atoms with Gasteiger partial charge in [-0.1, -0.05) is 23.2 Å². The Labute approximate surface area is 143 Å². The SMILES string of the molecule is O=C(NC1CCN(C(=O)C(Cl)Cl)CC1)c1ccc2nc[nH]c2c1. The van der Waals surface area contributed by atoms with Gasteiger partial charge in [-0.2, -0.15) is 0 Å². The molecule has 0 saturated carbocycles. The smallest absolute Gasteiger partial charge is 0.255 e. The number of carbonyl (C=O) groups is 2. The van der Waals surface area contributed by atoms with Crippen LogP contribution in [0, 0.1) is 0 Å². The van der Waals surface area contributed by atoms with Gasteiger partial charge in [-0.25, -0.2) is 4.98 Å². The van der Waals surface area contributed by atoms with Crippen molar-refractivity contribution in [3.63, 3.8) is 0 Å². The van der Waals surface area contributed by atoms with Gasteiger partial charge in [0.1, 0.15) is 0 Å². The normalized spacial score (nSPS) is 16.0. The number of aromatic amines is 1. The zero-order chi connectivity index (χ0) is 16.4. The van der Waals surface area contributed by atoms with Crippen LogP contribution >= 0.6 is 23.2 Å². The minimum atomic E-state index is -1.03. The maximum atomic E-state index is 12.3. The van der Waals surface area contributed by atoms with Crippen molar-refractivity contribution in [1.29, 1.82) is 0 Å². The van der Waals surface area contributed by atoms with Gasteiger partial charge in [0.15, 0.2) is 4.84 Å². The number of piperidine rings is 1. The Morgan fingerprint density at radius 1 is 1.30 bits per heavy atom. The molecule has 2 heterocycles. The number of likely N-dealkylation sites (tertiary alicyclic amines) is 1. The van der Waals surface area contributed by atoms with E-state index in [2.05, 4.69) is 15.3 Å². The standard InChI is InChI=1S/C15H16Cl2N4O2/c16-13(17)15(23)21-5-3-10(4-6-21)20-14(22)9-1-2-11-12(7-9)19-8-18-11/h1-2,7-8,10,13H,3-6H2,(H,18,19)(H,20,22). The zero-order valence-electron chi connectivity index (χ0n) is 12.3. The van der Waals surface area contributed by atoms with E-state index in [9.17, 15) is 9.59 Å². The van der Waals surface area contributed by atoms with E-state index in [1.807, 2.05) is 6.07 Å². The first kappa shape index (κ1) is 16.1. The van der Waals surface area contributed by atoms with Crippen LogP contribution in [-0.4, -0.2) is 50.6 Å². The molecule has 8 heteroatoms. The van der Waals surface area contributed by atoms with Crippen molar-refractivity contribution in [3.05, 3.63) is 30.1 Å². The minimum Gasteiger partial charge on any atom is -0.349 e. The lowest BCUT2D eigenvalue weighted by Crippen LogP contribution is -2.47. The summed E-state index contributed by atoms with van der Waals surface area (Å²) in [6, 6.07) is 5.38. The quantitative estimate of drug-likeness (QED) is 0.828. The Balaban J connectivity index is 1.57. The van der Waals surface area contributed by atoms with Gasteiger partial charge in [0.05, 0.1) is 17.4 Å². The number of amides is 2. The minimum absolute atomic E-state index is 0.0353. The van der Waals surface area contributed by atoms with Crippen molar-refractivity contribution in [3.8, 4) is 0 Å². The van der Waals surface area contributed by atoms with Crippen molar-refractivity contribution in [2.24, 2.45) is 0 Å². The summed E-state index contributed by atoms with van der Waals surface area (Å²) < 4.78 is 0. The molecule has 2 amide bonds. The predicted molar refractivity (Wildman–Crippen MR) is 88.7 cm³/mol. The van der Waals surface area contributed by atoms with Gasteiger partial charge < -0.3 is 15.2 Å². The summed E-state index contributed by atoms with van der Waals surface area (Å²) in [4.78, 5) is 31.8. The van der Waals surface area contributed by atoms with Gasteiger partial charge in [0.2, 0.25) is 0 Å². The number of halogens is 2. The third kappa shape index (κ3) is 3.59. The van der Waals surface area contributed by atoms with E-state index in [4.69, 9.17) is 23.2 Å². The molecule has 1 aromatic carbocycles. The molecule has 0 spiro atoms. The van der Waals surface area contributed by atoms with E-state index in [-0.39, 0.29) is 17.9 Å². The van der Waals surface area contributed by atoms with Crippen LogP contribution in [0.4, 0.5) is 0 Å². The van der Waals surface area contributed by atoms with Crippen LogP contribution in [0.1, 0.15) is 23.2 Å². The van der Waals surface area contributed by atoms with Crippen molar-refractivity contribution in [2.75, 3.05) is 13.1 Å². The lowest BCUT2D eigenvalue weighted by atomic mass is 10.0. The molecule has 1 saturated heterocycles. The molecular formula is C15H16Cl2N4O2. The molecule has 1 aliphatic heterocycles. The summed E-state index contributed by atoms with van der Waals surface area (Å²) in [5.41, 5.74) is 2.24. The monoisotopic (exact) mass is 354 g/mol. The van der Waals surface area contributed by atoms with Crippen LogP contribution in [0.25, 0.3) is 11.0 Å². The summed E-state index contributed by atoms with van der Waals surface area (Å²) in [5.74, 6) is -0.401. The van der Waals surface area contributed by atoms with E-state index in [1.165, 1.54) is 0 Å². The van der Waals surface area contributed by atoms with Crippen molar-refractivity contribution >= 4 is 46.0 Å². The third-order valence-corrected chi connectivity index (χ3v) is 4.38. The molecule has 1 aromatic heterocycles. The number of nitrogens with one attached hydrogen (secondary N) is 2. The van der Waals surface area contributed by atoms with Crippen molar-refractivity contribution in [2.45, 2.75) is 23.7 Å². The van der Waals surface area contributed by atoms with E-state index < -0.39 is 4.84 Å². The number of benzene rings is 1. The fraction of sp³-hybridized carbons (Fsp3) is 0.400. The number of H-pyrrole nitrogens is 1. The number of hydrogen-bond acceptors (Lipinski definition) is 3. The Hall–Kier alpha value is -1.79. The van der Waals surface area contributed by atoms with Crippen molar-refractivity contribution in [1.82, 2.24) is 20.2 Å². The van der Waals surface area contributed by atoms with E-state index >= 15 is 0 Å². The van der Waals surface area contributed by atoms with E-state index in [1.54, 1.807) is 23.4 Å². The van der Waals surface area contributed by atoms with E-state index in [0.29, 0.717) is 31.5 Å². The maximum absolute atomic E-state index is 12.3. The topological polar surface area (TPSA) is 78.1 Å². The van der Waals surface area contributed by atoms with Crippen LogP contribution in [0.15, 0.2) is 24.5 Å². The largest absolute Gasteiger partial charge is 0.349 e. The molecule has 1 aliphatic rings. The molecule has 0 aliphatic carbocycles. The van der Waals surface area contributed by atoms with Crippen LogP contribution in [0.2, 0.25) is 0 Å². The Bertz CT molecular complexity index is 723. The molecular weight excluding hydrogens is 339 g/mol. The zero-order valence-corrected chi connectivity index (χ0v) is 13.8. The molecule has 2 N–H and O–H groups in total. The van der Waals surface area contributed by atoms with E-state index in [0.717, 1.165) is 11.0 Å². The van der Waals surface area contributed by atoms with Gasteiger partial charge in [-0.15, -0.1) is 0 Å². The van der Waals surface area contributed by atoms with Gasteiger partial charge in [-0.3, -0.25) is 9.59 Å². The number of rotatable bonds is 3. The average Bonchev–Trinajstić information content (AvgIpc) is 3.02. The number of imidazole rings is 1. The Kier molecular flexibility index (Phi) is 4.73. The van der Waals surface area contributed by atoms with Crippen LogP contribution in [-0.2, 0) is 4.79 Å². The molecule has 0 atom stereocenters. The van der Waals surface area contributed by atoms with Crippen molar-refractivity contribution < 1.29 is 9.59 Å². The fourth-order valence-corrected chi connectivity index (χ4v) is 3.00.